The molecule has 1 aromatic carbocycles. The van der Waals surface area contributed by atoms with Crippen molar-refractivity contribution in [3.05, 3.63) is 34.5 Å². The van der Waals surface area contributed by atoms with E-state index in [2.05, 4.69) is 10.0 Å². The maximum absolute atomic E-state index is 13.7. The Morgan fingerprint density at radius 3 is 2.65 bits per heavy atom. The minimum atomic E-state index is -0.427. The second-order valence-electron chi connectivity index (χ2n) is 3.85. The first-order valence-corrected chi connectivity index (χ1v) is 5.32. The smallest absolute Gasteiger partial charge is 0.146 e. The van der Waals surface area contributed by atoms with Gasteiger partial charge in [0.1, 0.15) is 11.6 Å². The van der Waals surface area contributed by atoms with Crippen molar-refractivity contribution in [1.82, 2.24) is 0 Å². The number of benzene rings is 1. The number of nitrogens with zero attached hydrogens (tertiary/aromatic N) is 4. The van der Waals surface area contributed by atoms with E-state index >= 15 is 0 Å². The van der Waals surface area contributed by atoms with Crippen molar-refractivity contribution in [2.45, 2.75) is 12.8 Å². The van der Waals surface area contributed by atoms with Crippen LogP contribution in [0.25, 0.3) is 10.4 Å². The Labute approximate surface area is 97.5 Å². The Morgan fingerprint density at radius 2 is 2.06 bits per heavy atom. The summed E-state index contributed by atoms with van der Waals surface area (Å²) in [5.74, 6) is -0.211. The highest BCUT2D eigenvalue weighted by Gasteiger charge is 2.18. The predicted molar refractivity (Wildman–Crippen MR) is 61.7 cm³/mol. The number of carbonyl (C=O) groups excluding carboxylic acids is 1. The monoisotopic (exact) mass is 234 g/mol. The van der Waals surface area contributed by atoms with Gasteiger partial charge < -0.3 is 4.90 Å². The Morgan fingerprint density at radius 1 is 1.35 bits per heavy atom. The van der Waals surface area contributed by atoms with Gasteiger partial charge in [0, 0.05) is 36.5 Å². The summed E-state index contributed by atoms with van der Waals surface area (Å²) in [6.07, 6.45) is 0.912. The predicted octanol–water partition coefficient (Wildman–Crippen LogP) is 2.94. The molecule has 0 saturated carbocycles. The van der Waals surface area contributed by atoms with E-state index in [0.29, 0.717) is 31.6 Å². The molecular weight excluding hydrogens is 223 g/mol. The maximum atomic E-state index is 13.7. The Kier molecular flexibility index (Phi) is 3.25. The van der Waals surface area contributed by atoms with E-state index in [-0.39, 0.29) is 11.5 Å². The first kappa shape index (κ1) is 11.4. The molecule has 0 aliphatic carbocycles. The van der Waals surface area contributed by atoms with Gasteiger partial charge in [-0.05, 0) is 17.7 Å². The normalized spacial score (nSPS) is 15.6. The van der Waals surface area contributed by atoms with Crippen LogP contribution >= 0.6 is 0 Å². The third-order valence-electron chi connectivity index (χ3n) is 2.75. The lowest BCUT2D eigenvalue weighted by molar-refractivity contribution is -0.119. The van der Waals surface area contributed by atoms with Crippen molar-refractivity contribution in [3.63, 3.8) is 0 Å². The topological polar surface area (TPSA) is 69.1 Å². The summed E-state index contributed by atoms with van der Waals surface area (Å²) in [6.45, 7) is 1.08. The number of ketones is 1. The summed E-state index contributed by atoms with van der Waals surface area (Å²) < 4.78 is 13.7. The van der Waals surface area contributed by atoms with Crippen molar-refractivity contribution in [1.29, 1.82) is 0 Å². The molecule has 0 atom stereocenters. The fourth-order valence-corrected chi connectivity index (χ4v) is 1.86. The molecule has 0 radical (unpaired) electrons. The zero-order valence-electron chi connectivity index (χ0n) is 9.14. The Hall–Kier alpha value is -2.07. The zero-order valence-corrected chi connectivity index (χ0v) is 9.14. The summed E-state index contributed by atoms with van der Waals surface area (Å²) in [6, 6.07) is 4.34. The van der Waals surface area contributed by atoms with Crippen LogP contribution in [0.1, 0.15) is 12.8 Å². The van der Waals surface area contributed by atoms with Gasteiger partial charge in [-0.25, -0.2) is 4.39 Å². The summed E-state index contributed by atoms with van der Waals surface area (Å²) in [7, 11) is 0. The number of piperidine rings is 1. The molecule has 0 aromatic heterocycles. The van der Waals surface area contributed by atoms with Gasteiger partial charge in [0.2, 0.25) is 0 Å². The first-order chi connectivity index (χ1) is 8.20. The number of carbonyl (C=O) groups is 1. The highest BCUT2D eigenvalue weighted by Crippen LogP contribution is 2.26. The summed E-state index contributed by atoms with van der Waals surface area (Å²) in [5.41, 5.74) is 8.95. The highest BCUT2D eigenvalue weighted by atomic mass is 19.1. The van der Waals surface area contributed by atoms with E-state index in [9.17, 15) is 9.18 Å². The van der Waals surface area contributed by atoms with Crippen LogP contribution in [-0.2, 0) is 4.79 Å². The molecule has 5 nitrogen and oxygen atoms in total. The summed E-state index contributed by atoms with van der Waals surface area (Å²) in [5, 5.41) is 3.33. The third kappa shape index (κ3) is 2.54. The molecule has 0 amide bonds. The molecule has 0 spiro atoms. The van der Waals surface area contributed by atoms with Gasteiger partial charge in [0.05, 0.1) is 5.69 Å². The molecule has 1 saturated heterocycles. The number of hydrogen-bond acceptors (Lipinski definition) is 3. The van der Waals surface area contributed by atoms with Crippen LogP contribution in [0, 0.1) is 5.82 Å². The van der Waals surface area contributed by atoms with Crippen molar-refractivity contribution in [3.8, 4) is 0 Å². The summed E-state index contributed by atoms with van der Waals surface area (Å²) >= 11 is 0. The van der Waals surface area contributed by atoms with Gasteiger partial charge >= 0.3 is 0 Å². The maximum Gasteiger partial charge on any atom is 0.146 e. The molecule has 0 bridgehead atoms. The lowest BCUT2D eigenvalue weighted by Gasteiger charge is -2.28. The third-order valence-corrected chi connectivity index (χ3v) is 2.75. The van der Waals surface area contributed by atoms with E-state index in [1.807, 2.05) is 4.90 Å². The fourth-order valence-electron chi connectivity index (χ4n) is 1.86. The molecule has 17 heavy (non-hydrogen) atoms. The molecule has 88 valence electrons. The van der Waals surface area contributed by atoms with Crippen molar-refractivity contribution >= 4 is 17.2 Å². The average Bonchev–Trinajstić information content (AvgIpc) is 2.31. The Balaban J connectivity index is 2.21. The Bertz CT molecular complexity index is 486. The van der Waals surface area contributed by atoms with Gasteiger partial charge in [-0.2, -0.15) is 0 Å². The minimum Gasteiger partial charge on any atom is -0.368 e. The van der Waals surface area contributed by atoms with Crippen molar-refractivity contribution in [2.75, 3.05) is 18.0 Å². The van der Waals surface area contributed by atoms with Crippen LogP contribution in [-0.4, -0.2) is 18.9 Å². The van der Waals surface area contributed by atoms with Crippen molar-refractivity contribution < 1.29 is 9.18 Å². The SMILES string of the molecule is [N-]=[N+]=Nc1ccc(N2CCC(=O)CC2)c(F)c1. The number of hydrogen-bond donors (Lipinski definition) is 0. The van der Waals surface area contributed by atoms with Crippen LogP contribution in [0.15, 0.2) is 23.3 Å². The van der Waals surface area contributed by atoms with Crippen LogP contribution in [0.5, 0.6) is 0 Å². The molecule has 1 aliphatic heterocycles. The molecular formula is C11H11FN4O. The molecule has 0 N–H and O–H groups in total. The molecule has 2 rings (SSSR count). The molecule has 1 fully saturated rings. The highest BCUT2D eigenvalue weighted by molar-refractivity contribution is 5.81. The van der Waals surface area contributed by atoms with Gasteiger partial charge in [-0.15, -0.1) is 0 Å². The van der Waals surface area contributed by atoms with E-state index in [4.69, 9.17) is 5.53 Å². The standard InChI is InChI=1S/C11H11FN4O/c12-10-7-8(14-15-13)1-2-11(10)16-5-3-9(17)4-6-16/h1-2,7H,3-6H2. The van der Waals surface area contributed by atoms with Crippen LogP contribution < -0.4 is 4.90 Å². The summed E-state index contributed by atoms with van der Waals surface area (Å²) in [4.78, 5) is 15.5. The largest absolute Gasteiger partial charge is 0.368 e. The van der Waals surface area contributed by atoms with Crippen LogP contribution in [0.4, 0.5) is 15.8 Å². The lowest BCUT2D eigenvalue weighted by atomic mass is 10.1. The average molecular weight is 234 g/mol. The van der Waals surface area contributed by atoms with Gasteiger partial charge in [0.25, 0.3) is 0 Å². The molecule has 0 unspecified atom stereocenters. The fraction of sp³-hybridized carbons (Fsp3) is 0.364. The van der Waals surface area contributed by atoms with Gasteiger partial charge in [-0.3, -0.25) is 4.79 Å². The van der Waals surface area contributed by atoms with Gasteiger partial charge in [0.15, 0.2) is 0 Å². The van der Waals surface area contributed by atoms with Gasteiger partial charge in [-0.1, -0.05) is 11.2 Å². The minimum absolute atomic E-state index is 0.215. The quantitative estimate of drug-likeness (QED) is 0.448. The molecule has 6 heteroatoms. The van der Waals surface area contributed by atoms with E-state index in [0.717, 1.165) is 0 Å². The molecule has 1 heterocycles. The zero-order chi connectivity index (χ0) is 12.3. The number of rotatable bonds is 2. The number of azide groups is 1. The van der Waals surface area contributed by atoms with Crippen LogP contribution in [0.3, 0.4) is 0 Å². The molecule has 1 aromatic rings. The van der Waals surface area contributed by atoms with E-state index in [1.54, 1.807) is 12.1 Å². The second kappa shape index (κ2) is 4.84. The number of Topliss-reactive ketones (excluding diaryl/α,β-unsaturated/α-hetero) is 1. The number of halogens is 1. The second-order valence-corrected chi connectivity index (χ2v) is 3.85. The van der Waals surface area contributed by atoms with Crippen molar-refractivity contribution in [2.24, 2.45) is 5.11 Å². The van der Waals surface area contributed by atoms with E-state index < -0.39 is 5.82 Å². The molecule has 1 aliphatic rings. The lowest BCUT2D eigenvalue weighted by Crippen LogP contribution is -2.34. The first-order valence-electron chi connectivity index (χ1n) is 5.32. The van der Waals surface area contributed by atoms with E-state index in [1.165, 1.54) is 6.07 Å². The number of anilines is 1. The van der Waals surface area contributed by atoms with Crippen LogP contribution in [0.2, 0.25) is 0 Å².